The molecule has 114 valence electrons. The Bertz CT molecular complexity index is 365. The van der Waals surface area contributed by atoms with Crippen molar-refractivity contribution < 1.29 is 9.84 Å². The van der Waals surface area contributed by atoms with Crippen LogP contribution in [0, 0.1) is 0 Å². The van der Waals surface area contributed by atoms with Gasteiger partial charge in [-0.2, -0.15) is 0 Å². The highest BCUT2D eigenvalue weighted by Gasteiger charge is 2.18. The molecule has 1 aromatic carbocycles. The molecule has 0 spiro atoms. The van der Waals surface area contributed by atoms with Crippen LogP contribution in [0.15, 0.2) is 24.3 Å². The SMILES string of the molecule is CCC(NCCCN(C)C)C(O)c1ccc(OC)cc1. The van der Waals surface area contributed by atoms with Crippen molar-refractivity contribution in [2.75, 3.05) is 34.3 Å². The second-order valence-electron chi connectivity index (χ2n) is 5.34. The lowest BCUT2D eigenvalue weighted by atomic mass is 10.00. The molecule has 20 heavy (non-hydrogen) atoms. The summed E-state index contributed by atoms with van der Waals surface area (Å²) < 4.78 is 5.14. The molecule has 0 saturated heterocycles. The molecule has 4 nitrogen and oxygen atoms in total. The van der Waals surface area contributed by atoms with Gasteiger partial charge in [-0.05, 0) is 57.7 Å². The largest absolute Gasteiger partial charge is 0.497 e. The Morgan fingerprint density at radius 2 is 1.90 bits per heavy atom. The Morgan fingerprint density at radius 1 is 1.25 bits per heavy atom. The first-order valence-electron chi connectivity index (χ1n) is 7.28. The number of benzene rings is 1. The van der Waals surface area contributed by atoms with Gasteiger partial charge >= 0.3 is 0 Å². The Balaban J connectivity index is 2.50. The van der Waals surface area contributed by atoms with Gasteiger partial charge in [0.2, 0.25) is 0 Å². The van der Waals surface area contributed by atoms with Crippen LogP contribution >= 0.6 is 0 Å². The van der Waals surface area contributed by atoms with Crippen LogP contribution in [0.5, 0.6) is 5.75 Å². The summed E-state index contributed by atoms with van der Waals surface area (Å²) in [7, 11) is 5.79. The lowest BCUT2D eigenvalue weighted by Crippen LogP contribution is -2.36. The zero-order valence-electron chi connectivity index (χ0n) is 13.1. The highest BCUT2D eigenvalue weighted by molar-refractivity contribution is 5.29. The quantitative estimate of drug-likeness (QED) is 0.680. The fraction of sp³-hybridized carbons (Fsp3) is 0.625. The third-order valence-corrected chi connectivity index (χ3v) is 3.47. The summed E-state index contributed by atoms with van der Waals surface area (Å²) in [6, 6.07) is 7.71. The highest BCUT2D eigenvalue weighted by atomic mass is 16.5. The van der Waals surface area contributed by atoms with E-state index in [1.54, 1.807) is 7.11 Å². The molecule has 0 amide bonds. The van der Waals surface area contributed by atoms with Gasteiger partial charge in [0.1, 0.15) is 5.75 Å². The van der Waals surface area contributed by atoms with Gasteiger partial charge in [-0.15, -0.1) is 0 Å². The van der Waals surface area contributed by atoms with Crippen molar-refractivity contribution in [2.45, 2.75) is 31.9 Å². The van der Waals surface area contributed by atoms with Crippen molar-refractivity contribution in [3.63, 3.8) is 0 Å². The number of nitrogens with zero attached hydrogens (tertiary/aromatic N) is 1. The molecule has 0 heterocycles. The molecule has 0 fully saturated rings. The van der Waals surface area contributed by atoms with Crippen molar-refractivity contribution in [1.29, 1.82) is 0 Å². The summed E-state index contributed by atoms with van der Waals surface area (Å²) in [6.45, 7) is 4.07. The molecule has 0 aliphatic carbocycles. The van der Waals surface area contributed by atoms with Gasteiger partial charge in [-0.3, -0.25) is 0 Å². The molecule has 0 saturated carbocycles. The van der Waals surface area contributed by atoms with Crippen molar-refractivity contribution in [2.24, 2.45) is 0 Å². The van der Waals surface area contributed by atoms with Crippen molar-refractivity contribution in [3.8, 4) is 5.75 Å². The van der Waals surface area contributed by atoms with Crippen molar-refractivity contribution in [1.82, 2.24) is 10.2 Å². The van der Waals surface area contributed by atoms with Gasteiger partial charge in [0, 0.05) is 6.04 Å². The van der Waals surface area contributed by atoms with Gasteiger partial charge in [-0.25, -0.2) is 0 Å². The molecule has 4 heteroatoms. The summed E-state index contributed by atoms with van der Waals surface area (Å²) >= 11 is 0. The maximum atomic E-state index is 10.4. The number of hydrogen-bond donors (Lipinski definition) is 2. The lowest BCUT2D eigenvalue weighted by molar-refractivity contribution is 0.125. The number of methoxy groups -OCH3 is 1. The van der Waals surface area contributed by atoms with Gasteiger partial charge in [0.15, 0.2) is 0 Å². The summed E-state index contributed by atoms with van der Waals surface area (Å²) in [5.74, 6) is 0.813. The van der Waals surface area contributed by atoms with Gasteiger partial charge in [0.25, 0.3) is 0 Å². The van der Waals surface area contributed by atoms with Crippen LogP contribution in [-0.4, -0.2) is 50.3 Å². The molecule has 0 aromatic heterocycles. The predicted molar refractivity (Wildman–Crippen MR) is 83.2 cm³/mol. The first-order chi connectivity index (χ1) is 9.58. The molecule has 0 bridgehead atoms. The van der Waals surface area contributed by atoms with Crippen LogP contribution in [-0.2, 0) is 0 Å². The molecule has 2 N–H and O–H groups in total. The number of rotatable bonds is 9. The van der Waals surface area contributed by atoms with E-state index in [1.807, 2.05) is 24.3 Å². The van der Waals surface area contributed by atoms with E-state index in [9.17, 15) is 5.11 Å². The zero-order valence-corrected chi connectivity index (χ0v) is 13.1. The molecule has 2 unspecified atom stereocenters. The monoisotopic (exact) mass is 280 g/mol. The Hall–Kier alpha value is -1.10. The molecule has 0 aliphatic heterocycles. The summed E-state index contributed by atoms with van der Waals surface area (Å²) in [5.41, 5.74) is 0.928. The second kappa shape index (κ2) is 8.95. The normalized spacial score (nSPS) is 14.3. The third kappa shape index (κ3) is 5.49. The first kappa shape index (κ1) is 17.0. The Labute approximate surface area is 122 Å². The predicted octanol–water partition coefficient (Wildman–Crippen LogP) is 2.05. The summed E-state index contributed by atoms with van der Waals surface area (Å²) in [6.07, 6.45) is 1.50. The number of nitrogens with one attached hydrogen (secondary N) is 1. The Morgan fingerprint density at radius 3 is 2.40 bits per heavy atom. The lowest BCUT2D eigenvalue weighted by Gasteiger charge is -2.24. The first-order valence-corrected chi connectivity index (χ1v) is 7.28. The summed E-state index contributed by atoms with van der Waals surface area (Å²) in [5, 5.41) is 13.9. The van der Waals surface area contributed by atoms with Crippen LogP contribution < -0.4 is 10.1 Å². The average Bonchev–Trinajstić information content (AvgIpc) is 2.46. The van der Waals surface area contributed by atoms with Crippen molar-refractivity contribution >= 4 is 0 Å². The standard InChI is InChI=1S/C16H28N2O2/c1-5-15(17-11-6-12-18(2)3)16(19)13-7-9-14(20-4)10-8-13/h7-10,15-17,19H,5-6,11-12H2,1-4H3. The fourth-order valence-electron chi connectivity index (χ4n) is 2.20. The smallest absolute Gasteiger partial charge is 0.118 e. The van der Waals surface area contributed by atoms with Crippen LogP contribution in [0.2, 0.25) is 0 Å². The van der Waals surface area contributed by atoms with Crippen LogP contribution in [0.3, 0.4) is 0 Å². The van der Waals surface area contributed by atoms with Gasteiger partial charge in [-0.1, -0.05) is 19.1 Å². The van der Waals surface area contributed by atoms with E-state index in [4.69, 9.17) is 4.74 Å². The number of ether oxygens (including phenoxy) is 1. The van der Waals surface area contributed by atoms with E-state index < -0.39 is 6.10 Å². The summed E-state index contributed by atoms with van der Waals surface area (Å²) in [4.78, 5) is 2.17. The number of aliphatic hydroxyl groups excluding tert-OH is 1. The molecular formula is C16H28N2O2. The van der Waals surface area contributed by atoms with Gasteiger partial charge in [0.05, 0.1) is 13.2 Å². The van der Waals surface area contributed by atoms with E-state index in [1.165, 1.54) is 0 Å². The molecule has 1 aromatic rings. The molecule has 0 aliphatic rings. The minimum Gasteiger partial charge on any atom is -0.497 e. The molecule has 2 atom stereocenters. The van der Waals surface area contributed by atoms with Crippen LogP contribution in [0.1, 0.15) is 31.4 Å². The average molecular weight is 280 g/mol. The zero-order chi connectivity index (χ0) is 15.0. The van der Waals surface area contributed by atoms with E-state index in [-0.39, 0.29) is 6.04 Å². The minimum absolute atomic E-state index is 0.0885. The number of hydrogen-bond acceptors (Lipinski definition) is 4. The van der Waals surface area contributed by atoms with E-state index in [0.29, 0.717) is 0 Å². The van der Waals surface area contributed by atoms with Gasteiger partial charge < -0.3 is 20.1 Å². The van der Waals surface area contributed by atoms with Crippen molar-refractivity contribution in [3.05, 3.63) is 29.8 Å². The minimum atomic E-state index is -0.481. The second-order valence-corrected chi connectivity index (χ2v) is 5.34. The molecular weight excluding hydrogens is 252 g/mol. The molecule has 1 rings (SSSR count). The Kier molecular flexibility index (Phi) is 7.59. The van der Waals surface area contributed by atoms with E-state index >= 15 is 0 Å². The third-order valence-electron chi connectivity index (χ3n) is 3.47. The van der Waals surface area contributed by atoms with Crippen LogP contribution in [0.25, 0.3) is 0 Å². The van der Waals surface area contributed by atoms with E-state index in [2.05, 4.69) is 31.2 Å². The topological polar surface area (TPSA) is 44.7 Å². The number of aliphatic hydroxyl groups is 1. The van der Waals surface area contributed by atoms with Crippen LogP contribution in [0.4, 0.5) is 0 Å². The molecule has 0 radical (unpaired) electrons. The highest BCUT2D eigenvalue weighted by Crippen LogP contribution is 2.21. The maximum Gasteiger partial charge on any atom is 0.118 e. The fourth-order valence-corrected chi connectivity index (χ4v) is 2.20. The van der Waals surface area contributed by atoms with E-state index in [0.717, 1.165) is 37.2 Å². The maximum absolute atomic E-state index is 10.4.